The molecule has 0 aromatic carbocycles. The van der Waals surface area contributed by atoms with Gasteiger partial charge in [-0.3, -0.25) is 4.98 Å². The maximum atomic E-state index is 3.97. The number of hydrogen-bond donors (Lipinski definition) is 0. The van der Waals surface area contributed by atoms with Crippen molar-refractivity contribution < 1.29 is 0 Å². The minimum absolute atomic E-state index is 1.06. The molecule has 1 aromatic rings. The Labute approximate surface area is 66.1 Å². The molecule has 1 aromatic heterocycles. The molecule has 0 bridgehead atoms. The van der Waals surface area contributed by atoms with Crippen molar-refractivity contribution in [3.05, 3.63) is 48.3 Å². The van der Waals surface area contributed by atoms with Crippen molar-refractivity contribution in [1.29, 1.82) is 0 Å². The highest BCUT2D eigenvalue weighted by Crippen LogP contribution is 2.21. The van der Waals surface area contributed by atoms with E-state index >= 15 is 0 Å². The van der Waals surface area contributed by atoms with E-state index in [1.54, 1.807) is 0 Å². The zero-order valence-corrected chi connectivity index (χ0v) is 6.20. The molecule has 0 atom stereocenters. The molecule has 0 N–H and O–H groups in total. The van der Waals surface area contributed by atoms with Gasteiger partial charge in [0.15, 0.2) is 0 Å². The van der Waals surface area contributed by atoms with E-state index < -0.39 is 0 Å². The summed E-state index contributed by atoms with van der Waals surface area (Å²) >= 11 is 0. The number of rotatable bonds is 1. The lowest BCUT2D eigenvalue weighted by molar-refractivity contribution is 1.30. The number of allylic oxidation sites excluding steroid dienone is 4. The van der Waals surface area contributed by atoms with Crippen LogP contribution in [0.4, 0.5) is 0 Å². The Hall–Kier alpha value is -1.37. The van der Waals surface area contributed by atoms with Crippen LogP contribution in [0.15, 0.2) is 42.8 Å². The molecule has 1 heterocycles. The highest BCUT2D eigenvalue weighted by Gasteiger charge is 2.00. The summed E-state index contributed by atoms with van der Waals surface area (Å²) in [7, 11) is 0. The molecule has 11 heavy (non-hydrogen) atoms. The average Bonchev–Trinajstić information content (AvgIpc) is 2.58. The number of nitrogens with zero attached hydrogens (tertiary/aromatic N) is 1. The first-order chi connectivity index (χ1) is 5.47. The van der Waals surface area contributed by atoms with Crippen molar-refractivity contribution in [3.8, 4) is 0 Å². The predicted molar refractivity (Wildman–Crippen MR) is 46.0 cm³/mol. The van der Waals surface area contributed by atoms with Crippen LogP contribution in [0.1, 0.15) is 12.0 Å². The molecule has 0 saturated heterocycles. The molecule has 2 rings (SSSR count). The van der Waals surface area contributed by atoms with Crippen molar-refractivity contribution in [2.45, 2.75) is 6.42 Å². The van der Waals surface area contributed by atoms with E-state index in [2.05, 4.69) is 23.2 Å². The second kappa shape index (κ2) is 2.70. The lowest BCUT2D eigenvalue weighted by Crippen LogP contribution is -1.79. The summed E-state index contributed by atoms with van der Waals surface area (Å²) < 4.78 is 0. The lowest BCUT2D eigenvalue weighted by atomic mass is 10.1. The minimum Gasteiger partial charge on any atom is -0.265 e. The normalized spacial score (nSPS) is 15.1. The van der Waals surface area contributed by atoms with Gasteiger partial charge in [-0.1, -0.05) is 18.2 Å². The van der Waals surface area contributed by atoms with Gasteiger partial charge in [0, 0.05) is 12.4 Å². The molecule has 0 amide bonds. The van der Waals surface area contributed by atoms with Crippen LogP contribution < -0.4 is 0 Å². The third-order valence-corrected chi connectivity index (χ3v) is 1.82. The Morgan fingerprint density at radius 2 is 2.00 bits per heavy atom. The van der Waals surface area contributed by atoms with Crippen LogP contribution in [0.2, 0.25) is 0 Å². The van der Waals surface area contributed by atoms with Crippen molar-refractivity contribution >= 4 is 5.57 Å². The van der Waals surface area contributed by atoms with E-state index in [-0.39, 0.29) is 0 Å². The third kappa shape index (κ3) is 1.22. The fourth-order valence-electron chi connectivity index (χ4n) is 1.23. The maximum absolute atomic E-state index is 3.97. The summed E-state index contributed by atoms with van der Waals surface area (Å²) in [5.74, 6) is 0. The Morgan fingerprint density at radius 1 is 1.18 bits per heavy atom. The van der Waals surface area contributed by atoms with E-state index in [0.717, 1.165) is 6.42 Å². The molecule has 0 radical (unpaired) electrons. The molecule has 0 unspecified atom stereocenters. The van der Waals surface area contributed by atoms with Gasteiger partial charge in [0.1, 0.15) is 0 Å². The van der Waals surface area contributed by atoms with Crippen LogP contribution in [0.5, 0.6) is 0 Å². The van der Waals surface area contributed by atoms with Gasteiger partial charge in [-0.25, -0.2) is 0 Å². The summed E-state index contributed by atoms with van der Waals surface area (Å²) in [5, 5.41) is 0. The fourth-order valence-corrected chi connectivity index (χ4v) is 1.23. The van der Waals surface area contributed by atoms with Gasteiger partial charge in [0.25, 0.3) is 0 Å². The fraction of sp³-hybridized carbons (Fsp3) is 0.100. The maximum Gasteiger partial charge on any atom is 0.0273 e. The predicted octanol–water partition coefficient (Wildman–Crippen LogP) is 2.42. The van der Waals surface area contributed by atoms with Crippen LogP contribution >= 0.6 is 0 Å². The number of hydrogen-bond acceptors (Lipinski definition) is 1. The van der Waals surface area contributed by atoms with Gasteiger partial charge in [-0.2, -0.15) is 0 Å². The highest BCUT2D eigenvalue weighted by molar-refractivity contribution is 5.70. The van der Waals surface area contributed by atoms with Gasteiger partial charge in [0.2, 0.25) is 0 Å². The quantitative estimate of drug-likeness (QED) is 0.588. The van der Waals surface area contributed by atoms with Gasteiger partial charge < -0.3 is 0 Å². The van der Waals surface area contributed by atoms with Gasteiger partial charge in [-0.05, 0) is 29.7 Å². The van der Waals surface area contributed by atoms with Crippen LogP contribution in [0, 0.1) is 0 Å². The molecule has 0 saturated carbocycles. The monoisotopic (exact) mass is 143 g/mol. The van der Waals surface area contributed by atoms with Gasteiger partial charge >= 0.3 is 0 Å². The smallest absolute Gasteiger partial charge is 0.0273 e. The van der Waals surface area contributed by atoms with E-state index in [4.69, 9.17) is 0 Å². The standard InChI is InChI=1S/C10H9N/c1-2-4-9(3-1)10-5-7-11-8-6-10/h1-3,5-8H,4H2. The van der Waals surface area contributed by atoms with Gasteiger partial charge in [-0.15, -0.1) is 0 Å². The summed E-state index contributed by atoms with van der Waals surface area (Å²) in [4.78, 5) is 3.97. The largest absolute Gasteiger partial charge is 0.265 e. The molecule has 0 fully saturated rings. The Kier molecular flexibility index (Phi) is 1.56. The first-order valence-electron chi connectivity index (χ1n) is 3.73. The summed E-state index contributed by atoms with van der Waals surface area (Å²) in [6.45, 7) is 0. The average molecular weight is 143 g/mol. The van der Waals surface area contributed by atoms with Crippen LogP contribution in [-0.2, 0) is 0 Å². The third-order valence-electron chi connectivity index (χ3n) is 1.82. The Morgan fingerprint density at radius 3 is 2.64 bits per heavy atom. The van der Waals surface area contributed by atoms with E-state index in [1.807, 2.05) is 24.5 Å². The van der Waals surface area contributed by atoms with Crippen LogP contribution in [0.25, 0.3) is 5.57 Å². The first kappa shape index (κ1) is 6.35. The second-order valence-electron chi connectivity index (χ2n) is 2.56. The molecule has 1 aliphatic rings. The topological polar surface area (TPSA) is 12.9 Å². The minimum atomic E-state index is 1.06. The molecule has 0 spiro atoms. The van der Waals surface area contributed by atoms with Crippen molar-refractivity contribution in [1.82, 2.24) is 4.98 Å². The Bertz CT molecular complexity index is 296. The van der Waals surface area contributed by atoms with E-state index in [9.17, 15) is 0 Å². The Balaban J connectivity index is 2.31. The molecule has 1 heteroatoms. The number of aromatic nitrogens is 1. The zero-order valence-electron chi connectivity index (χ0n) is 6.20. The van der Waals surface area contributed by atoms with Crippen molar-refractivity contribution in [3.63, 3.8) is 0 Å². The molecule has 54 valence electrons. The number of pyridine rings is 1. The van der Waals surface area contributed by atoms with Crippen LogP contribution in [0.3, 0.4) is 0 Å². The van der Waals surface area contributed by atoms with Gasteiger partial charge in [0.05, 0.1) is 0 Å². The first-order valence-corrected chi connectivity index (χ1v) is 3.73. The van der Waals surface area contributed by atoms with E-state index in [1.165, 1.54) is 11.1 Å². The second-order valence-corrected chi connectivity index (χ2v) is 2.56. The molecule has 1 nitrogen and oxygen atoms in total. The summed E-state index contributed by atoms with van der Waals surface area (Å²) in [6, 6.07) is 4.08. The molecule has 1 aliphatic carbocycles. The van der Waals surface area contributed by atoms with E-state index in [0.29, 0.717) is 0 Å². The molecule has 0 aliphatic heterocycles. The lowest BCUT2D eigenvalue weighted by Gasteiger charge is -1.98. The summed E-state index contributed by atoms with van der Waals surface area (Å²) in [6.07, 6.45) is 11.1. The van der Waals surface area contributed by atoms with Crippen molar-refractivity contribution in [2.75, 3.05) is 0 Å². The molecular weight excluding hydrogens is 134 g/mol. The summed E-state index contributed by atoms with van der Waals surface area (Å²) in [5.41, 5.74) is 2.66. The van der Waals surface area contributed by atoms with Crippen LogP contribution in [-0.4, -0.2) is 4.98 Å². The zero-order chi connectivity index (χ0) is 7.52. The molecular formula is C10H9N. The SMILES string of the molecule is C1=CCC(c2ccncc2)=C1. The van der Waals surface area contributed by atoms with Crippen molar-refractivity contribution in [2.24, 2.45) is 0 Å². The highest BCUT2D eigenvalue weighted by atomic mass is 14.6.